The quantitative estimate of drug-likeness (QED) is 0.0831. The molecule has 1 atom stereocenters. The highest BCUT2D eigenvalue weighted by Gasteiger charge is 2.22. The molecule has 14 nitrogen and oxygen atoms in total. The van der Waals surface area contributed by atoms with Crippen LogP contribution in [0.4, 0.5) is 0 Å². The van der Waals surface area contributed by atoms with Gasteiger partial charge in [-0.3, -0.25) is 24.0 Å². The molecule has 0 saturated carbocycles. The largest absolute Gasteiger partial charge is 0.494 e. The molecule has 0 aliphatic carbocycles. The molecule has 0 aliphatic heterocycles. The lowest BCUT2D eigenvalue weighted by atomic mass is 9.94. The first kappa shape index (κ1) is 45.3. The van der Waals surface area contributed by atoms with Gasteiger partial charge in [0.2, 0.25) is 5.91 Å². The summed E-state index contributed by atoms with van der Waals surface area (Å²) in [6.07, 6.45) is 7.66. The van der Waals surface area contributed by atoms with Crippen molar-refractivity contribution in [2.45, 2.75) is 90.4 Å². The van der Waals surface area contributed by atoms with Crippen molar-refractivity contribution < 1.29 is 62.7 Å². The molecule has 0 unspecified atom stereocenters. The van der Waals surface area contributed by atoms with E-state index in [-0.39, 0.29) is 87.7 Å². The topological polar surface area (TPSA) is 201 Å². The zero-order valence-corrected chi connectivity index (χ0v) is 30.0. The predicted octanol–water partition coefficient (Wildman–Crippen LogP) is 4.45. The van der Waals surface area contributed by atoms with Crippen LogP contribution in [0.2, 0.25) is 0 Å². The van der Waals surface area contributed by atoms with E-state index in [2.05, 4.69) is 5.32 Å². The lowest BCUT2D eigenvalue weighted by Crippen LogP contribution is -2.29. The van der Waals surface area contributed by atoms with E-state index in [1.165, 1.54) is 19.1 Å². The lowest BCUT2D eigenvalue weighted by molar-refractivity contribution is -0.144. The highest BCUT2D eigenvalue weighted by atomic mass is 16.5. The third-order valence-corrected chi connectivity index (χ3v) is 7.62. The number of hydrogen-bond donors (Lipinski definition) is 3. The van der Waals surface area contributed by atoms with E-state index < -0.39 is 17.9 Å². The zero-order valence-electron chi connectivity index (χ0n) is 30.0. The maximum Gasteiger partial charge on any atom is 0.335 e. The summed E-state index contributed by atoms with van der Waals surface area (Å²) >= 11 is 0. The fraction of sp³-hybridized carbons (Fsp3) is 0.676. The number of nitrogens with one attached hydrogen (secondary N) is 1. The molecule has 0 saturated heterocycles. The second kappa shape index (κ2) is 30.0. The molecule has 1 aromatic rings. The molecule has 1 aromatic carbocycles. The number of carboxylic acids is 2. The molecule has 1 amide bonds. The Bertz CT molecular complexity index is 1170. The van der Waals surface area contributed by atoms with Gasteiger partial charge in [-0.2, -0.15) is 0 Å². The number of hydrogen-bond acceptors (Lipinski definition) is 11. The van der Waals surface area contributed by atoms with Gasteiger partial charge in [-0.25, -0.2) is 4.79 Å². The maximum atomic E-state index is 12.4. The molecule has 0 radical (unpaired) electrons. The number of carboxylic acid groups (broad SMARTS) is 2. The number of unbranched alkanes of at least 4 members (excludes halogenated alkanes) is 6. The normalized spacial score (nSPS) is 11.5. The Hall–Kier alpha value is -3.72. The number of amides is 1. The second-order valence-electron chi connectivity index (χ2n) is 12.2. The summed E-state index contributed by atoms with van der Waals surface area (Å²) in [6.45, 7) is 4.07. The number of carbonyl (C=O) groups is 6. The molecule has 0 aliphatic rings. The zero-order chi connectivity index (χ0) is 37.5. The van der Waals surface area contributed by atoms with Crippen LogP contribution >= 0.6 is 0 Å². The van der Waals surface area contributed by atoms with Gasteiger partial charge in [0.15, 0.2) is 11.6 Å². The average Bonchev–Trinajstić information content (AvgIpc) is 3.09. The first-order chi connectivity index (χ1) is 24.6. The highest BCUT2D eigenvalue weighted by molar-refractivity contribution is 5.88. The Morgan fingerprint density at radius 2 is 1.29 bits per heavy atom. The molecule has 1 rings (SSSR count). The minimum Gasteiger partial charge on any atom is -0.494 e. The van der Waals surface area contributed by atoms with Crippen molar-refractivity contribution in [2.24, 2.45) is 5.92 Å². The fourth-order valence-corrected chi connectivity index (χ4v) is 4.85. The SMILES string of the molecule is CC(=O)COCCOCCCC(=O)COCCOCCNC(=O)CC[C@H](CC(=O)CCCCCCCCCOc1cccc(C(=O)O)c1)C(=O)O. The molecule has 288 valence electrons. The fourth-order valence-electron chi connectivity index (χ4n) is 4.85. The maximum absolute atomic E-state index is 12.4. The summed E-state index contributed by atoms with van der Waals surface area (Å²) in [6, 6.07) is 6.42. The highest BCUT2D eigenvalue weighted by Crippen LogP contribution is 2.17. The van der Waals surface area contributed by atoms with E-state index in [1.54, 1.807) is 12.1 Å². The molecule has 0 aromatic heterocycles. The number of aliphatic carboxylic acids is 1. The Morgan fingerprint density at radius 1 is 0.667 bits per heavy atom. The van der Waals surface area contributed by atoms with Gasteiger partial charge in [0.05, 0.1) is 51.1 Å². The van der Waals surface area contributed by atoms with Crippen LogP contribution in [-0.2, 0) is 42.9 Å². The van der Waals surface area contributed by atoms with Gasteiger partial charge < -0.3 is 39.2 Å². The number of ether oxygens (including phenoxy) is 5. The van der Waals surface area contributed by atoms with Crippen molar-refractivity contribution in [3.8, 4) is 5.75 Å². The monoisotopic (exact) mass is 723 g/mol. The minimum atomic E-state index is -1.09. The van der Waals surface area contributed by atoms with Gasteiger partial charge in [0.25, 0.3) is 0 Å². The molecule has 14 heteroatoms. The Kier molecular flexibility index (Phi) is 26.6. The van der Waals surface area contributed by atoms with E-state index >= 15 is 0 Å². The standard InChI is InChI=1S/C37H57NO13/c1-29(39)27-49-23-21-47-18-10-13-33(41)28-50-24-22-48-20-17-38-35(42)16-15-31(37(45)46)25-32(40)12-7-5-3-2-4-6-8-19-51-34-14-9-11-30(26-34)36(43)44/h9,11,14,26,31H,2-8,10,12-13,15-25,27-28H2,1H3,(H,38,42)(H,43,44)(H,45,46)/t31-/m1/s1. The summed E-state index contributed by atoms with van der Waals surface area (Å²) in [5, 5.41) is 21.2. The van der Waals surface area contributed by atoms with Crippen LogP contribution < -0.4 is 10.1 Å². The molecule has 0 fully saturated rings. The Balaban J connectivity index is 1.98. The third kappa shape index (κ3) is 26.7. The van der Waals surface area contributed by atoms with Gasteiger partial charge >= 0.3 is 11.9 Å². The van der Waals surface area contributed by atoms with Crippen molar-refractivity contribution in [1.29, 1.82) is 0 Å². The van der Waals surface area contributed by atoms with Gasteiger partial charge in [-0.15, -0.1) is 0 Å². The number of Topliss-reactive ketones (excluding diaryl/α,β-unsaturated/α-hetero) is 3. The van der Waals surface area contributed by atoms with Crippen LogP contribution in [0.25, 0.3) is 0 Å². The summed E-state index contributed by atoms with van der Waals surface area (Å²) < 4.78 is 26.7. The number of rotatable bonds is 35. The van der Waals surface area contributed by atoms with Crippen molar-refractivity contribution in [1.82, 2.24) is 5.32 Å². The number of ketones is 3. The summed E-state index contributed by atoms with van der Waals surface area (Å²) in [5.74, 6) is -2.95. The van der Waals surface area contributed by atoms with Gasteiger partial charge in [0, 0.05) is 38.8 Å². The third-order valence-electron chi connectivity index (χ3n) is 7.62. The van der Waals surface area contributed by atoms with E-state index in [9.17, 15) is 33.9 Å². The smallest absolute Gasteiger partial charge is 0.335 e. The second-order valence-corrected chi connectivity index (χ2v) is 12.2. The first-order valence-corrected chi connectivity index (χ1v) is 17.9. The molecule has 0 spiro atoms. The molecule has 0 bridgehead atoms. The van der Waals surface area contributed by atoms with Crippen LogP contribution in [0.15, 0.2) is 24.3 Å². The van der Waals surface area contributed by atoms with Gasteiger partial charge in [0.1, 0.15) is 24.7 Å². The van der Waals surface area contributed by atoms with E-state index in [1.807, 2.05) is 0 Å². The first-order valence-electron chi connectivity index (χ1n) is 17.9. The molecule has 3 N–H and O–H groups in total. The Labute approximate surface area is 300 Å². The van der Waals surface area contributed by atoms with Crippen LogP contribution in [0.1, 0.15) is 101 Å². The summed E-state index contributed by atoms with van der Waals surface area (Å²) in [5.41, 5.74) is 0.195. The lowest BCUT2D eigenvalue weighted by Gasteiger charge is -2.12. The average molecular weight is 724 g/mol. The van der Waals surface area contributed by atoms with Crippen molar-refractivity contribution in [2.75, 3.05) is 66.0 Å². The number of carbonyl (C=O) groups excluding carboxylic acids is 4. The minimum absolute atomic E-state index is 0.00604. The van der Waals surface area contributed by atoms with Crippen molar-refractivity contribution >= 4 is 35.2 Å². The summed E-state index contributed by atoms with van der Waals surface area (Å²) in [7, 11) is 0. The summed E-state index contributed by atoms with van der Waals surface area (Å²) in [4.78, 5) is 69.8. The van der Waals surface area contributed by atoms with Crippen LogP contribution in [0, 0.1) is 5.92 Å². The molecular weight excluding hydrogens is 666 g/mol. The van der Waals surface area contributed by atoms with Crippen LogP contribution in [0.5, 0.6) is 5.75 Å². The molecule has 0 heterocycles. The number of benzene rings is 1. The van der Waals surface area contributed by atoms with Crippen molar-refractivity contribution in [3.05, 3.63) is 29.8 Å². The van der Waals surface area contributed by atoms with E-state index in [0.717, 1.165) is 38.5 Å². The van der Waals surface area contributed by atoms with Crippen LogP contribution in [0.3, 0.4) is 0 Å². The molecule has 51 heavy (non-hydrogen) atoms. The van der Waals surface area contributed by atoms with E-state index in [0.29, 0.717) is 57.9 Å². The Morgan fingerprint density at radius 3 is 1.98 bits per heavy atom. The van der Waals surface area contributed by atoms with E-state index in [4.69, 9.17) is 28.8 Å². The van der Waals surface area contributed by atoms with Crippen molar-refractivity contribution in [3.63, 3.8) is 0 Å². The predicted molar refractivity (Wildman–Crippen MR) is 187 cm³/mol. The van der Waals surface area contributed by atoms with Gasteiger partial charge in [-0.05, 0) is 50.8 Å². The van der Waals surface area contributed by atoms with Crippen LogP contribution in [-0.4, -0.2) is 111 Å². The van der Waals surface area contributed by atoms with Gasteiger partial charge in [-0.1, -0.05) is 38.2 Å². The molecular formula is C37H57NO13. The number of aromatic carboxylic acids is 1.